The summed E-state index contributed by atoms with van der Waals surface area (Å²) < 4.78 is 0. The van der Waals surface area contributed by atoms with Gasteiger partial charge in [-0.05, 0) is 68.7 Å². The van der Waals surface area contributed by atoms with E-state index in [2.05, 4.69) is 17.0 Å². The Labute approximate surface area is 129 Å². The predicted molar refractivity (Wildman–Crippen MR) is 90.3 cm³/mol. The average molecular weight is 286 g/mol. The van der Waals surface area contributed by atoms with Crippen LogP contribution in [-0.4, -0.2) is 24.5 Å². The highest BCUT2D eigenvalue weighted by Gasteiger charge is 2.23. The molecule has 3 rings (SSSR count). The molecule has 0 unspecified atom stereocenters. The van der Waals surface area contributed by atoms with Crippen molar-refractivity contribution in [2.24, 2.45) is 11.8 Å². The molecular formula is C19H30N2. The van der Waals surface area contributed by atoms with Gasteiger partial charge in [-0.3, -0.25) is 0 Å². The molecule has 21 heavy (non-hydrogen) atoms. The van der Waals surface area contributed by atoms with E-state index in [1.807, 2.05) is 12.1 Å². The lowest BCUT2D eigenvalue weighted by molar-refractivity contribution is 0.145. The predicted octanol–water partition coefficient (Wildman–Crippen LogP) is 4.10. The molecule has 2 nitrogen and oxygen atoms in total. The van der Waals surface area contributed by atoms with E-state index in [-0.39, 0.29) is 0 Å². The second-order valence-electron chi connectivity index (χ2n) is 7.15. The van der Waals surface area contributed by atoms with Gasteiger partial charge in [0.2, 0.25) is 0 Å². The number of nitrogens with zero attached hydrogens (tertiary/aromatic N) is 1. The van der Waals surface area contributed by atoms with Crippen LogP contribution in [0.4, 0.5) is 5.69 Å². The van der Waals surface area contributed by atoms with Gasteiger partial charge in [-0.15, -0.1) is 0 Å². The van der Waals surface area contributed by atoms with Crippen LogP contribution in [-0.2, 0) is 6.42 Å². The van der Waals surface area contributed by atoms with Crippen molar-refractivity contribution in [3.63, 3.8) is 0 Å². The normalized spacial score (nSPS) is 22.5. The van der Waals surface area contributed by atoms with Crippen molar-refractivity contribution in [1.82, 2.24) is 4.90 Å². The number of para-hydroxylation sites is 1. The fourth-order valence-corrected chi connectivity index (χ4v) is 4.14. The zero-order chi connectivity index (χ0) is 14.5. The van der Waals surface area contributed by atoms with E-state index in [4.69, 9.17) is 5.73 Å². The first-order valence-electron chi connectivity index (χ1n) is 8.87. The molecule has 1 saturated heterocycles. The summed E-state index contributed by atoms with van der Waals surface area (Å²) in [5.41, 5.74) is 8.40. The Balaban J connectivity index is 1.43. The third-order valence-electron chi connectivity index (χ3n) is 5.51. The minimum Gasteiger partial charge on any atom is -0.399 e. The second-order valence-corrected chi connectivity index (χ2v) is 7.15. The molecule has 1 aromatic carbocycles. The van der Waals surface area contributed by atoms with Crippen molar-refractivity contribution < 1.29 is 0 Å². The summed E-state index contributed by atoms with van der Waals surface area (Å²) in [6.07, 6.45) is 11.2. The number of benzene rings is 1. The largest absolute Gasteiger partial charge is 0.399 e. The number of rotatable bonds is 4. The van der Waals surface area contributed by atoms with E-state index in [1.165, 1.54) is 76.6 Å². The van der Waals surface area contributed by atoms with Gasteiger partial charge in [-0.25, -0.2) is 0 Å². The summed E-state index contributed by atoms with van der Waals surface area (Å²) in [5, 5.41) is 0. The van der Waals surface area contributed by atoms with Gasteiger partial charge in [0.25, 0.3) is 0 Å². The Morgan fingerprint density at radius 3 is 2.33 bits per heavy atom. The van der Waals surface area contributed by atoms with E-state index in [0.29, 0.717) is 0 Å². The van der Waals surface area contributed by atoms with Gasteiger partial charge < -0.3 is 10.6 Å². The van der Waals surface area contributed by atoms with E-state index in [0.717, 1.165) is 17.5 Å². The second kappa shape index (κ2) is 7.31. The lowest BCUT2D eigenvalue weighted by atomic mass is 9.86. The lowest BCUT2D eigenvalue weighted by Gasteiger charge is -2.35. The number of hydrogen-bond acceptors (Lipinski definition) is 2. The summed E-state index contributed by atoms with van der Waals surface area (Å²) in [6.45, 7) is 3.96. The molecule has 1 saturated carbocycles. The highest BCUT2D eigenvalue weighted by molar-refractivity contribution is 5.46. The van der Waals surface area contributed by atoms with Crippen molar-refractivity contribution in [2.75, 3.05) is 25.4 Å². The zero-order valence-corrected chi connectivity index (χ0v) is 13.3. The van der Waals surface area contributed by atoms with Gasteiger partial charge in [0, 0.05) is 12.2 Å². The average Bonchev–Trinajstić information content (AvgIpc) is 2.52. The summed E-state index contributed by atoms with van der Waals surface area (Å²) in [4.78, 5) is 2.72. The van der Waals surface area contributed by atoms with Gasteiger partial charge in [0.15, 0.2) is 0 Å². The molecule has 0 aromatic heterocycles. The first kappa shape index (κ1) is 14.9. The fraction of sp³-hybridized carbons (Fsp3) is 0.684. The molecule has 1 heterocycles. The lowest BCUT2D eigenvalue weighted by Crippen LogP contribution is -2.38. The topological polar surface area (TPSA) is 29.3 Å². The molecule has 1 aliphatic heterocycles. The summed E-state index contributed by atoms with van der Waals surface area (Å²) >= 11 is 0. The van der Waals surface area contributed by atoms with Gasteiger partial charge in [-0.1, -0.05) is 37.5 Å². The van der Waals surface area contributed by atoms with Crippen LogP contribution < -0.4 is 5.73 Å². The summed E-state index contributed by atoms with van der Waals surface area (Å²) in [7, 11) is 0. The van der Waals surface area contributed by atoms with Crippen LogP contribution in [0.3, 0.4) is 0 Å². The molecule has 0 spiro atoms. The van der Waals surface area contributed by atoms with Crippen LogP contribution in [0, 0.1) is 11.8 Å². The Morgan fingerprint density at radius 2 is 1.62 bits per heavy atom. The third-order valence-corrected chi connectivity index (χ3v) is 5.51. The minimum atomic E-state index is 0.831. The fourth-order valence-electron chi connectivity index (χ4n) is 4.14. The molecule has 2 heteroatoms. The van der Waals surface area contributed by atoms with Gasteiger partial charge >= 0.3 is 0 Å². The molecule has 1 aromatic rings. The Bertz CT molecular complexity index is 429. The third kappa shape index (κ3) is 4.23. The molecule has 0 radical (unpaired) electrons. The van der Waals surface area contributed by atoms with Crippen molar-refractivity contribution in [3.05, 3.63) is 29.8 Å². The number of nitrogens with two attached hydrogens (primary N) is 1. The van der Waals surface area contributed by atoms with Crippen LogP contribution in [0.5, 0.6) is 0 Å². The number of hydrogen-bond donors (Lipinski definition) is 1. The maximum absolute atomic E-state index is 6.08. The maximum atomic E-state index is 6.08. The van der Waals surface area contributed by atoms with Gasteiger partial charge in [0.05, 0.1) is 0 Å². The van der Waals surface area contributed by atoms with E-state index >= 15 is 0 Å². The van der Waals surface area contributed by atoms with Crippen molar-refractivity contribution in [1.29, 1.82) is 0 Å². The Kier molecular flexibility index (Phi) is 5.18. The number of piperidine rings is 1. The standard InChI is InChI=1S/C19H30N2/c20-19-9-5-4-8-18(19)14-16-10-12-21(13-11-16)15-17-6-2-1-3-7-17/h4-5,8-9,16-17H,1-3,6-7,10-15,20H2. The maximum Gasteiger partial charge on any atom is 0.0346 e. The molecule has 2 aliphatic rings. The first-order chi connectivity index (χ1) is 10.3. The van der Waals surface area contributed by atoms with Crippen molar-refractivity contribution in [3.8, 4) is 0 Å². The zero-order valence-electron chi connectivity index (χ0n) is 13.3. The van der Waals surface area contributed by atoms with Gasteiger partial charge in [-0.2, -0.15) is 0 Å². The van der Waals surface area contributed by atoms with E-state index < -0.39 is 0 Å². The smallest absolute Gasteiger partial charge is 0.0346 e. The van der Waals surface area contributed by atoms with Crippen LogP contribution in [0.15, 0.2) is 24.3 Å². The number of nitrogen functional groups attached to an aromatic ring is 1. The van der Waals surface area contributed by atoms with Crippen LogP contribution in [0.1, 0.15) is 50.5 Å². The minimum absolute atomic E-state index is 0.831. The Morgan fingerprint density at radius 1 is 0.905 bits per heavy atom. The molecule has 2 N–H and O–H groups in total. The van der Waals surface area contributed by atoms with Crippen LogP contribution >= 0.6 is 0 Å². The SMILES string of the molecule is Nc1ccccc1CC1CCN(CC2CCCCC2)CC1. The molecule has 0 atom stereocenters. The van der Waals surface area contributed by atoms with E-state index in [1.54, 1.807) is 0 Å². The molecule has 0 bridgehead atoms. The molecule has 116 valence electrons. The molecular weight excluding hydrogens is 256 g/mol. The molecule has 0 amide bonds. The Hall–Kier alpha value is -1.02. The number of anilines is 1. The molecule has 1 aliphatic carbocycles. The first-order valence-corrected chi connectivity index (χ1v) is 8.87. The monoisotopic (exact) mass is 286 g/mol. The number of likely N-dealkylation sites (tertiary alicyclic amines) is 1. The summed E-state index contributed by atoms with van der Waals surface area (Å²) in [5.74, 6) is 1.82. The van der Waals surface area contributed by atoms with Gasteiger partial charge in [0.1, 0.15) is 0 Å². The highest BCUT2D eigenvalue weighted by Crippen LogP contribution is 2.28. The van der Waals surface area contributed by atoms with Crippen molar-refractivity contribution in [2.45, 2.75) is 51.4 Å². The van der Waals surface area contributed by atoms with E-state index in [9.17, 15) is 0 Å². The van der Waals surface area contributed by atoms with Crippen molar-refractivity contribution >= 4 is 5.69 Å². The molecule has 2 fully saturated rings. The van der Waals surface area contributed by atoms with Crippen LogP contribution in [0.25, 0.3) is 0 Å². The van der Waals surface area contributed by atoms with Crippen LogP contribution in [0.2, 0.25) is 0 Å². The summed E-state index contributed by atoms with van der Waals surface area (Å²) in [6, 6.07) is 8.38. The quantitative estimate of drug-likeness (QED) is 0.844. The highest BCUT2D eigenvalue weighted by atomic mass is 15.1.